The first-order valence-corrected chi connectivity index (χ1v) is 12.8. The van der Waals surface area contributed by atoms with E-state index >= 15 is 0 Å². The van der Waals surface area contributed by atoms with Crippen molar-refractivity contribution >= 4 is 37.3 Å². The number of anilines is 1. The molecule has 0 aliphatic heterocycles. The molecule has 6 N–H and O–H groups in total. The lowest BCUT2D eigenvalue weighted by atomic mass is 10.2. The molecule has 0 aliphatic carbocycles. The first-order chi connectivity index (χ1) is 15.0. The van der Waals surface area contributed by atoms with E-state index in [-0.39, 0.29) is 5.69 Å². The Morgan fingerprint density at radius 1 is 1.03 bits per heavy atom. The van der Waals surface area contributed by atoms with Gasteiger partial charge in [-0.25, -0.2) is 0 Å². The van der Waals surface area contributed by atoms with Crippen molar-refractivity contribution in [2.75, 3.05) is 5.73 Å². The van der Waals surface area contributed by atoms with E-state index in [1.807, 2.05) is 45.9 Å². The second-order valence-corrected chi connectivity index (χ2v) is 11.0. The van der Waals surface area contributed by atoms with Gasteiger partial charge in [0.2, 0.25) is 0 Å². The van der Waals surface area contributed by atoms with Crippen molar-refractivity contribution in [2.45, 2.75) is 37.5 Å². The summed E-state index contributed by atoms with van der Waals surface area (Å²) >= 11 is 1.67. The molecule has 0 saturated carbocycles. The summed E-state index contributed by atoms with van der Waals surface area (Å²) in [6, 6.07) is 6.37. The average molecular weight is 514 g/mol. The second kappa shape index (κ2) is 12.9. The summed E-state index contributed by atoms with van der Waals surface area (Å²) in [5.41, 5.74) is 13.1. The van der Waals surface area contributed by atoms with Crippen LogP contribution in [0.4, 0.5) is 5.69 Å². The van der Waals surface area contributed by atoms with E-state index in [2.05, 4.69) is 12.6 Å². The summed E-state index contributed by atoms with van der Waals surface area (Å²) in [5, 5.41) is 8.49. The molecule has 33 heavy (non-hydrogen) atoms. The number of benzene rings is 1. The van der Waals surface area contributed by atoms with Gasteiger partial charge in [-0.05, 0) is 58.0 Å². The largest absolute Gasteiger partial charge is 0.402 e. The Balaban J connectivity index is 0.000000493. The summed E-state index contributed by atoms with van der Waals surface area (Å²) < 4.78 is 60.0. The molecular formula is C21H27N3O6S3. The number of hydrogen-bond acceptors (Lipinski definition) is 8. The summed E-state index contributed by atoms with van der Waals surface area (Å²) in [7, 11) is -9.13. The highest BCUT2D eigenvalue weighted by atomic mass is 32.2. The fourth-order valence-electron chi connectivity index (χ4n) is 1.96. The van der Waals surface area contributed by atoms with Crippen LogP contribution in [0.25, 0.3) is 0 Å². The lowest BCUT2D eigenvalue weighted by Gasteiger charge is -2.02. The Kier molecular flexibility index (Phi) is 11.8. The van der Waals surface area contributed by atoms with Crippen molar-refractivity contribution in [2.24, 2.45) is 5.73 Å². The van der Waals surface area contributed by atoms with Gasteiger partial charge in [0.1, 0.15) is 6.07 Å². The second-order valence-electron chi connectivity index (χ2n) is 6.65. The Labute approximate surface area is 198 Å². The van der Waals surface area contributed by atoms with Crippen LogP contribution in [0.3, 0.4) is 0 Å². The van der Waals surface area contributed by atoms with E-state index in [9.17, 15) is 16.8 Å². The molecule has 180 valence electrons. The number of allylic oxidation sites excluding steroid dienone is 5. The van der Waals surface area contributed by atoms with Gasteiger partial charge < -0.3 is 11.5 Å². The Hall–Kier alpha value is -2.95. The van der Waals surface area contributed by atoms with E-state index in [4.69, 9.17) is 25.8 Å². The Morgan fingerprint density at radius 3 is 1.79 bits per heavy atom. The van der Waals surface area contributed by atoms with Crippen molar-refractivity contribution in [1.82, 2.24) is 0 Å². The molecule has 2 aromatic rings. The molecule has 0 radical (unpaired) electrons. The summed E-state index contributed by atoms with van der Waals surface area (Å²) in [6.45, 7) is 11.4. The standard InChI is InChI=1S/C8H13N.C7H7NS.C6H7NO6S2/c1-4-7(2)5-6-8(3)9;1-5-3-7(4-8)6(2)9-5;7-4-1-5(14(8,9)10)3-6(2-4)15(11,12)13/h4-6H,1,9H2,2-3H3;3H,1-2H3;1-3H,7H2,(H,8,9,10)(H,11,12,13)/b7-5-,8-6+;;. The molecule has 0 aliphatic rings. The minimum atomic E-state index is -4.56. The van der Waals surface area contributed by atoms with Gasteiger partial charge in [-0.15, -0.1) is 11.3 Å². The van der Waals surface area contributed by atoms with Crippen LogP contribution in [0, 0.1) is 25.2 Å². The van der Waals surface area contributed by atoms with Crippen LogP contribution in [0.5, 0.6) is 0 Å². The van der Waals surface area contributed by atoms with Crippen molar-refractivity contribution < 1.29 is 25.9 Å². The van der Waals surface area contributed by atoms with Crippen LogP contribution >= 0.6 is 11.3 Å². The molecular weight excluding hydrogens is 486 g/mol. The number of aryl methyl sites for hydroxylation is 2. The van der Waals surface area contributed by atoms with E-state index in [0.717, 1.165) is 33.8 Å². The number of rotatable bonds is 4. The van der Waals surface area contributed by atoms with Crippen LogP contribution in [-0.2, 0) is 20.2 Å². The van der Waals surface area contributed by atoms with Gasteiger partial charge in [-0.2, -0.15) is 22.1 Å². The van der Waals surface area contributed by atoms with Crippen molar-refractivity contribution in [3.63, 3.8) is 0 Å². The van der Waals surface area contributed by atoms with Crippen molar-refractivity contribution in [1.29, 1.82) is 5.26 Å². The van der Waals surface area contributed by atoms with Crippen LogP contribution in [0.1, 0.15) is 29.2 Å². The molecule has 0 bridgehead atoms. The molecule has 1 aromatic heterocycles. The zero-order chi connectivity index (χ0) is 26.0. The average Bonchev–Trinajstić information content (AvgIpc) is 3.02. The number of nitrogen functional groups attached to an aromatic ring is 1. The highest BCUT2D eigenvalue weighted by Crippen LogP contribution is 2.20. The highest BCUT2D eigenvalue weighted by Gasteiger charge is 2.17. The minimum Gasteiger partial charge on any atom is -0.402 e. The fraction of sp³-hybridized carbons (Fsp3) is 0.190. The molecule has 0 unspecified atom stereocenters. The van der Waals surface area contributed by atoms with Crippen LogP contribution in [-0.4, -0.2) is 25.9 Å². The van der Waals surface area contributed by atoms with Gasteiger partial charge in [-0.1, -0.05) is 24.3 Å². The first-order valence-electron chi connectivity index (χ1n) is 9.07. The number of nitrogens with zero attached hydrogens (tertiary/aromatic N) is 1. The van der Waals surface area contributed by atoms with Gasteiger partial charge in [0.15, 0.2) is 0 Å². The van der Waals surface area contributed by atoms with Crippen molar-refractivity contribution in [3.05, 3.63) is 75.7 Å². The molecule has 1 aromatic carbocycles. The maximum Gasteiger partial charge on any atom is 0.294 e. The molecule has 12 heteroatoms. The normalized spacial score (nSPS) is 11.9. The predicted octanol–water partition coefficient (Wildman–Crippen LogP) is 3.98. The SMILES string of the molecule is C=C/C(C)=C\C=C(/C)N.Cc1cc(C#N)c(C)s1.Nc1cc(S(=O)(=O)O)cc(S(=O)(=O)O)c1. The van der Waals surface area contributed by atoms with Gasteiger partial charge in [0.05, 0.1) is 15.4 Å². The lowest BCUT2D eigenvalue weighted by Crippen LogP contribution is -2.04. The van der Waals surface area contributed by atoms with Crippen molar-refractivity contribution in [3.8, 4) is 6.07 Å². The third-order valence-electron chi connectivity index (χ3n) is 3.59. The monoisotopic (exact) mass is 513 g/mol. The molecule has 0 atom stereocenters. The molecule has 9 nitrogen and oxygen atoms in total. The molecule has 0 fully saturated rings. The van der Waals surface area contributed by atoms with Crippen LogP contribution in [0.15, 0.2) is 70.1 Å². The molecule has 0 spiro atoms. The number of nitriles is 1. The fourth-order valence-corrected chi connectivity index (χ4v) is 4.04. The summed E-state index contributed by atoms with van der Waals surface area (Å²) in [4.78, 5) is 0.935. The maximum absolute atomic E-state index is 10.7. The van der Waals surface area contributed by atoms with Gasteiger partial charge >= 0.3 is 0 Å². The predicted molar refractivity (Wildman–Crippen MR) is 131 cm³/mol. The highest BCUT2D eigenvalue weighted by molar-refractivity contribution is 7.86. The van der Waals surface area contributed by atoms with Gasteiger partial charge in [0, 0.05) is 21.1 Å². The third-order valence-corrected chi connectivity index (χ3v) is 6.22. The van der Waals surface area contributed by atoms with E-state index < -0.39 is 30.0 Å². The molecule has 0 amide bonds. The van der Waals surface area contributed by atoms with E-state index in [1.165, 1.54) is 4.88 Å². The molecule has 1 heterocycles. The number of nitrogens with two attached hydrogens (primary N) is 2. The first kappa shape index (κ1) is 30.0. The van der Waals surface area contributed by atoms with E-state index in [0.29, 0.717) is 6.07 Å². The zero-order valence-corrected chi connectivity index (χ0v) is 21.1. The summed E-state index contributed by atoms with van der Waals surface area (Å²) in [6.07, 6.45) is 5.58. The number of hydrogen-bond donors (Lipinski definition) is 4. The number of thiophene rings is 1. The zero-order valence-electron chi connectivity index (χ0n) is 18.6. The lowest BCUT2D eigenvalue weighted by molar-refractivity contribution is 0.481. The Bertz CT molecular complexity index is 1240. The minimum absolute atomic E-state index is 0.210. The van der Waals surface area contributed by atoms with Crippen LogP contribution in [0.2, 0.25) is 0 Å². The molecule has 0 saturated heterocycles. The van der Waals surface area contributed by atoms with E-state index in [1.54, 1.807) is 17.4 Å². The molecule has 2 rings (SSSR count). The third kappa shape index (κ3) is 12.0. The van der Waals surface area contributed by atoms with Crippen LogP contribution < -0.4 is 11.5 Å². The Morgan fingerprint density at radius 2 is 1.52 bits per heavy atom. The smallest absolute Gasteiger partial charge is 0.294 e. The topological polar surface area (TPSA) is 185 Å². The van der Waals surface area contributed by atoms with Gasteiger partial charge in [0.25, 0.3) is 20.2 Å². The maximum atomic E-state index is 10.7. The van der Waals surface area contributed by atoms with Gasteiger partial charge in [-0.3, -0.25) is 9.11 Å². The summed E-state index contributed by atoms with van der Waals surface area (Å²) in [5.74, 6) is 0. The quantitative estimate of drug-likeness (QED) is 0.266.